The Labute approximate surface area is 135 Å². The van der Waals surface area contributed by atoms with Crippen LogP contribution in [0.4, 0.5) is 0 Å². The highest BCUT2D eigenvalue weighted by molar-refractivity contribution is 7.89. The molecule has 0 bridgehead atoms. The predicted molar refractivity (Wildman–Crippen MR) is 89.6 cm³/mol. The first kappa shape index (κ1) is 17.1. The molecule has 0 radical (unpaired) electrons. The van der Waals surface area contributed by atoms with E-state index in [2.05, 4.69) is 18.6 Å². The zero-order chi connectivity index (χ0) is 16.4. The van der Waals surface area contributed by atoms with Crippen molar-refractivity contribution in [1.29, 1.82) is 0 Å². The van der Waals surface area contributed by atoms with Gasteiger partial charge in [-0.25, -0.2) is 13.1 Å². The molecule has 22 heavy (non-hydrogen) atoms. The molecule has 1 atom stereocenters. The zero-order valence-electron chi connectivity index (χ0n) is 12.9. The third-order valence-corrected chi connectivity index (χ3v) is 5.71. The molecule has 0 saturated heterocycles. The van der Waals surface area contributed by atoms with Crippen molar-refractivity contribution in [2.45, 2.75) is 37.2 Å². The molecule has 1 aromatic heterocycles. The molecule has 2 rings (SSSR count). The highest BCUT2D eigenvalue weighted by Gasteiger charge is 2.26. The minimum absolute atomic E-state index is 0.0714. The van der Waals surface area contributed by atoms with Gasteiger partial charge >= 0.3 is 0 Å². The molecule has 0 spiro atoms. The summed E-state index contributed by atoms with van der Waals surface area (Å²) in [5, 5.41) is 14.0. The van der Waals surface area contributed by atoms with Crippen molar-refractivity contribution in [2.24, 2.45) is 0 Å². The Kier molecular flexibility index (Phi) is 5.07. The molecule has 1 aromatic carbocycles. The van der Waals surface area contributed by atoms with Gasteiger partial charge in [-0.2, -0.15) is 11.3 Å². The first-order valence-electron chi connectivity index (χ1n) is 7.07. The summed E-state index contributed by atoms with van der Waals surface area (Å²) >= 11 is 1.46. The van der Waals surface area contributed by atoms with Gasteiger partial charge in [-0.15, -0.1) is 0 Å². The second-order valence-corrected chi connectivity index (χ2v) is 8.38. The van der Waals surface area contributed by atoms with E-state index in [1.165, 1.54) is 11.3 Å². The van der Waals surface area contributed by atoms with Gasteiger partial charge in [-0.1, -0.05) is 26.0 Å². The number of nitrogens with one attached hydrogen (secondary N) is 1. The molecule has 120 valence electrons. The van der Waals surface area contributed by atoms with Crippen LogP contribution in [0.2, 0.25) is 0 Å². The van der Waals surface area contributed by atoms with Gasteiger partial charge in [0.2, 0.25) is 10.0 Å². The summed E-state index contributed by atoms with van der Waals surface area (Å²) in [5.41, 5.74) is 0.560. The average molecular weight is 339 g/mol. The normalized spacial score (nSPS) is 15.0. The third-order valence-electron chi connectivity index (χ3n) is 3.61. The summed E-state index contributed by atoms with van der Waals surface area (Å²) in [7, 11) is -3.63. The standard InChI is InChI=1S/C16H21NO3S2/c1-12(2)13-4-6-15(7-5-13)22(19,20)17-11-16(3,18)14-8-9-21-10-14/h4-10,12,17-18H,11H2,1-3H3. The number of hydrogen-bond acceptors (Lipinski definition) is 4. The van der Waals surface area contributed by atoms with Crippen molar-refractivity contribution in [3.8, 4) is 0 Å². The van der Waals surface area contributed by atoms with E-state index in [0.29, 0.717) is 11.5 Å². The first-order chi connectivity index (χ1) is 10.2. The fourth-order valence-electron chi connectivity index (χ4n) is 2.02. The molecule has 2 aromatic rings. The second kappa shape index (κ2) is 6.50. The Morgan fingerprint density at radius 3 is 2.36 bits per heavy atom. The van der Waals surface area contributed by atoms with Gasteiger partial charge in [0.1, 0.15) is 5.60 Å². The van der Waals surface area contributed by atoms with Crippen molar-refractivity contribution < 1.29 is 13.5 Å². The smallest absolute Gasteiger partial charge is 0.240 e. The van der Waals surface area contributed by atoms with Crippen LogP contribution in [-0.4, -0.2) is 20.1 Å². The van der Waals surface area contributed by atoms with Crippen LogP contribution in [0.5, 0.6) is 0 Å². The highest BCUT2D eigenvalue weighted by atomic mass is 32.2. The first-order valence-corrected chi connectivity index (χ1v) is 9.50. The number of sulfonamides is 1. The molecule has 0 amide bonds. The maximum atomic E-state index is 12.3. The number of rotatable bonds is 6. The van der Waals surface area contributed by atoms with E-state index in [1.807, 2.05) is 22.9 Å². The van der Waals surface area contributed by atoms with E-state index >= 15 is 0 Å². The highest BCUT2D eigenvalue weighted by Crippen LogP contribution is 2.23. The van der Waals surface area contributed by atoms with Crippen LogP contribution in [0.3, 0.4) is 0 Å². The SMILES string of the molecule is CC(C)c1ccc(S(=O)(=O)NCC(C)(O)c2ccsc2)cc1. The van der Waals surface area contributed by atoms with E-state index in [1.54, 1.807) is 25.1 Å². The van der Waals surface area contributed by atoms with Crippen LogP contribution in [0, 0.1) is 0 Å². The van der Waals surface area contributed by atoms with Crippen LogP contribution in [-0.2, 0) is 15.6 Å². The molecule has 6 heteroatoms. The lowest BCUT2D eigenvalue weighted by atomic mass is 10.0. The van der Waals surface area contributed by atoms with E-state index in [4.69, 9.17) is 0 Å². The fraction of sp³-hybridized carbons (Fsp3) is 0.375. The summed E-state index contributed by atoms with van der Waals surface area (Å²) in [6.07, 6.45) is 0. The van der Waals surface area contributed by atoms with E-state index in [-0.39, 0.29) is 11.4 Å². The van der Waals surface area contributed by atoms with E-state index in [9.17, 15) is 13.5 Å². The molecule has 4 nitrogen and oxygen atoms in total. The molecular weight excluding hydrogens is 318 g/mol. The fourth-order valence-corrected chi connectivity index (χ4v) is 3.94. The molecule has 0 saturated carbocycles. The number of benzene rings is 1. The van der Waals surface area contributed by atoms with Gasteiger partial charge in [0.05, 0.1) is 4.90 Å². The summed E-state index contributed by atoms with van der Waals surface area (Å²) < 4.78 is 27.1. The Bertz CT molecular complexity index is 702. The van der Waals surface area contributed by atoms with Crippen molar-refractivity contribution in [3.63, 3.8) is 0 Å². The summed E-state index contributed by atoms with van der Waals surface area (Å²) in [5.74, 6) is 0.351. The average Bonchev–Trinajstić information content (AvgIpc) is 3.00. The lowest BCUT2D eigenvalue weighted by Crippen LogP contribution is -2.38. The molecule has 0 aliphatic rings. The molecule has 0 aliphatic carbocycles. The summed E-state index contributed by atoms with van der Waals surface area (Å²) in [6, 6.07) is 8.61. The summed E-state index contributed by atoms with van der Waals surface area (Å²) in [6.45, 7) is 5.64. The lowest BCUT2D eigenvalue weighted by Gasteiger charge is -2.22. The van der Waals surface area contributed by atoms with Crippen molar-refractivity contribution in [1.82, 2.24) is 4.72 Å². The number of hydrogen-bond donors (Lipinski definition) is 2. The van der Waals surface area contributed by atoms with Gasteiger partial charge in [0.15, 0.2) is 0 Å². The maximum Gasteiger partial charge on any atom is 0.240 e. The molecule has 0 fully saturated rings. The van der Waals surface area contributed by atoms with Crippen molar-refractivity contribution in [3.05, 3.63) is 52.2 Å². The topological polar surface area (TPSA) is 66.4 Å². The van der Waals surface area contributed by atoms with Crippen LogP contribution in [0.15, 0.2) is 46.0 Å². The second-order valence-electron chi connectivity index (χ2n) is 5.83. The van der Waals surface area contributed by atoms with Gasteiger partial charge in [-0.05, 0) is 52.9 Å². The zero-order valence-corrected chi connectivity index (χ0v) is 14.5. The lowest BCUT2D eigenvalue weighted by molar-refractivity contribution is 0.0632. The van der Waals surface area contributed by atoms with Crippen molar-refractivity contribution >= 4 is 21.4 Å². The van der Waals surface area contributed by atoms with Crippen molar-refractivity contribution in [2.75, 3.05) is 6.54 Å². The van der Waals surface area contributed by atoms with Gasteiger partial charge < -0.3 is 5.11 Å². The van der Waals surface area contributed by atoms with Gasteiger partial charge in [0, 0.05) is 6.54 Å². The molecule has 2 N–H and O–H groups in total. The Balaban J connectivity index is 2.11. The Hall–Kier alpha value is -1.21. The quantitative estimate of drug-likeness (QED) is 0.850. The minimum atomic E-state index is -3.63. The minimum Gasteiger partial charge on any atom is -0.384 e. The van der Waals surface area contributed by atoms with Gasteiger partial charge in [0.25, 0.3) is 0 Å². The molecule has 1 unspecified atom stereocenters. The number of aliphatic hydroxyl groups is 1. The molecule has 0 aliphatic heterocycles. The van der Waals surface area contributed by atoms with Gasteiger partial charge in [-0.3, -0.25) is 0 Å². The van der Waals surface area contributed by atoms with Crippen LogP contribution in [0.25, 0.3) is 0 Å². The van der Waals surface area contributed by atoms with Crippen LogP contribution < -0.4 is 4.72 Å². The Morgan fingerprint density at radius 1 is 1.23 bits per heavy atom. The molecular formula is C16H21NO3S2. The molecule has 1 heterocycles. The maximum absolute atomic E-state index is 12.3. The van der Waals surface area contributed by atoms with Crippen LogP contribution >= 0.6 is 11.3 Å². The third kappa shape index (κ3) is 3.95. The predicted octanol–water partition coefficient (Wildman–Crippen LogP) is 3.06. The van der Waals surface area contributed by atoms with E-state index in [0.717, 1.165) is 5.56 Å². The summed E-state index contributed by atoms with van der Waals surface area (Å²) in [4.78, 5) is 0.206. The monoisotopic (exact) mass is 339 g/mol. The number of thiophene rings is 1. The van der Waals surface area contributed by atoms with Crippen LogP contribution in [0.1, 0.15) is 37.8 Å². The van der Waals surface area contributed by atoms with E-state index < -0.39 is 15.6 Å². The largest absolute Gasteiger partial charge is 0.384 e. The Morgan fingerprint density at radius 2 is 1.86 bits per heavy atom.